The Balaban J connectivity index is 0.000000247. The molecule has 7 aromatic rings. The van der Waals surface area contributed by atoms with Gasteiger partial charge in [-0.2, -0.15) is 26.3 Å². The monoisotopic (exact) mass is 846 g/mol. The molecule has 0 aromatic carbocycles. The Labute approximate surface area is 323 Å². The fourth-order valence-corrected chi connectivity index (χ4v) is 6.23. The van der Waals surface area contributed by atoms with Crippen LogP contribution in [-0.4, -0.2) is 30.1 Å². The van der Waals surface area contributed by atoms with E-state index in [1.165, 1.54) is 11.3 Å². The quantitative estimate of drug-likeness (QED) is 0.0761. The van der Waals surface area contributed by atoms with Crippen LogP contribution in [0.5, 0.6) is 0 Å². The molecule has 0 unspecified atom stereocenters. The van der Waals surface area contributed by atoms with Crippen molar-refractivity contribution in [1.82, 2.24) is 40.3 Å². The van der Waals surface area contributed by atoms with Gasteiger partial charge in [0, 0.05) is 22.1 Å². The number of aromatic nitrogens is 8. The van der Waals surface area contributed by atoms with Crippen molar-refractivity contribution in [2.75, 3.05) is 0 Å². The van der Waals surface area contributed by atoms with Crippen molar-refractivity contribution in [3.8, 4) is 56.0 Å². The standard InChI is InChI=1S/C23H19F6N5S.C15H11N3.Ru/c1-2-3-4-5-6-14-7-8-19(35-14)13-9-15(17-11-20(33-31-17)22(24,25)26)30-16(10-13)18-12-21(34-32-18)23(27,28)29;1-3-10-16-12(6-1)14-8-5-9-15(18-14)13-7-2-4-11-17-13;/h7-12H,2-6H2,1H3;1-11H;/q-2;;+2. The van der Waals surface area contributed by atoms with E-state index >= 15 is 0 Å². The van der Waals surface area contributed by atoms with E-state index in [1.54, 1.807) is 24.5 Å². The molecule has 278 valence electrons. The Hall–Kier alpha value is -5.08. The topological polar surface area (TPSA) is 106 Å². The van der Waals surface area contributed by atoms with Gasteiger partial charge in [-0.05, 0) is 91.2 Å². The normalized spacial score (nSPS) is 11.5. The molecule has 0 bridgehead atoms. The van der Waals surface area contributed by atoms with Gasteiger partial charge in [-0.3, -0.25) is 15.0 Å². The first-order valence-corrected chi connectivity index (χ1v) is 17.4. The van der Waals surface area contributed by atoms with Crippen LogP contribution in [0, 0.1) is 0 Å². The van der Waals surface area contributed by atoms with Crippen LogP contribution in [0.2, 0.25) is 0 Å². The molecule has 0 atom stereocenters. The molecule has 0 aliphatic heterocycles. The number of aryl methyl sites for hydroxylation is 1. The Morgan fingerprint density at radius 2 is 1.09 bits per heavy atom. The average molecular weight is 846 g/mol. The summed E-state index contributed by atoms with van der Waals surface area (Å²) in [5, 5.41) is 13.5. The molecule has 0 aliphatic carbocycles. The number of unbranched alkanes of at least 4 members (excludes halogenated alkanes) is 3. The zero-order chi connectivity index (χ0) is 37.4. The van der Waals surface area contributed by atoms with Crippen molar-refractivity contribution in [3.63, 3.8) is 0 Å². The number of thiophene rings is 1. The SMILES string of the molecule is CCCCCCc1ccc(-c2cc(-c3cc(C(F)(F)F)n[n-]3)nc(-c3cc(C(F)(F)F)n[n-]3)c2)s1.[Ru+2].c1ccc(-c2cccc(-c3ccccn3)n2)nc1. The second-order valence-electron chi connectivity index (χ2n) is 11.8. The van der Waals surface area contributed by atoms with Gasteiger partial charge in [-0.1, -0.05) is 55.8 Å². The van der Waals surface area contributed by atoms with Gasteiger partial charge < -0.3 is 20.4 Å². The fourth-order valence-electron chi connectivity index (χ4n) is 5.19. The van der Waals surface area contributed by atoms with Crippen LogP contribution in [0.3, 0.4) is 0 Å². The van der Waals surface area contributed by atoms with E-state index in [0.717, 1.165) is 76.8 Å². The summed E-state index contributed by atoms with van der Waals surface area (Å²) in [6.07, 6.45) is -0.530. The number of hydrogen-bond donors (Lipinski definition) is 0. The smallest absolute Gasteiger partial charge is 0.573 e. The molecule has 7 rings (SSSR count). The number of rotatable bonds is 10. The van der Waals surface area contributed by atoms with Crippen molar-refractivity contribution in [2.45, 2.75) is 51.4 Å². The number of hydrogen-bond acceptors (Lipinski definition) is 7. The van der Waals surface area contributed by atoms with E-state index < -0.39 is 23.7 Å². The molecule has 0 amide bonds. The largest absolute Gasteiger partial charge is 2.00 e. The number of alkyl halides is 6. The minimum Gasteiger partial charge on any atom is -0.573 e. The van der Waals surface area contributed by atoms with Gasteiger partial charge in [0.2, 0.25) is 0 Å². The fraction of sp³-hybridized carbons (Fsp3) is 0.211. The molecular weight excluding hydrogens is 816 g/mol. The van der Waals surface area contributed by atoms with Crippen molar-refractivity contribution in [1.29, 1.82) is 0 Å². The van der Waals surface area contributed by atoms with Crippen LogP contribution in [-0.2, 0) is 38.3 Å². The molecule has 7 aromatic heterocycles. The van der Waals surface area contributed by atoms with Crippen LogP contribution in [0.15, 0.2) is 103 Å². The van der Waals surface area contributed by atoms with Gasteiger partial charge in [0.15, 0.2) is 0 Å². The third kappa shape index (κ3) is 10.3. The number of pyridine rings is 4. The molecule has 0 aliphatic rings. The first kappa shape index (κ1) is 40.1. The van der Waals surface area contributed by atoms with Crippen LogP contribution < -0.4 is 10.2 Å². The Morgan fingerprint density at radius 1 is 0.574 bits per heavy atom. The molecule has 0 fully saturated rings. The summed E-state index contributed by atoms with van der Waals surface area (Å²) < 4.78 is 78.2. The van der Waals surface area contributed by atoms with E-state index in [0.29, 0.717) is 5.56 Å². The van der Waals surface area contributed by atoms with Crippen molar-refractivity contribution in [3.05, 3.63) is 120 Å². The Kier molecular flexibility index (Phi) is 13.2. The Bertz CT molecular complexity index is 2110. The van der Waals surface area contributed by atoms with Gasteiger partial charge in [-0.25, -0.2) is 4.98 Å². The molecule has 0 spiro atoms. The summed E-state index contributed by atoms with van der Waals surface area (Å²) in [7, 11) is 0. The van der Waals surface area contributed by atoms with Crippen LogP contribution >= 0.6 is 11.3 Å². The molecule has 0 N–H and O–H groups in total. The maximum absolute atomic E-state index is 13.0. The zero-order valence-electron chi connectivity index (χ0n) is 28.5. The molecule has 16 heteroatoms. The van der Waals surface area contributed by atoms with Crippen molar-refractivity contribution >= 4 is 11.3 Å². The molecule has 0 radical (unpaired) electrons. The summed E-state index contributed by atoms with van der Waals surface area (Å²) in [4.78, 5) is 19.4. The number of nitrogens with zero attached hydrogens (tertiary/aromatic N) is 8. The molecule has 8 nitrogen and oxygen atoms in total. The molecule has 0 saturated carbocycles. The summed E-state index contributed by atoms with van der Waals surface area (Å²) in [6, 6.07) is 25.9. The van der Waals surface area contributed by atoms with Gasteiger partial charge in [0.05, 0.1) is 34.2 Å². The van der Waals surface area contributed by atoms with E-state index in [4.69, 9.17) is 0 Å². The first-order valence-electron chi connectivity index (χ1n) is 16.5. The van der Waals surface area contributed by atoms with Gasteiger partial charge in [0.1, 0.15) is 11.4 Å². The molecule has 54 heavy (non-hydrogen) atoms. The number of halogens is 6. The second kappa shape index (κ2) is 17.8. The van der Waals surface area contributed by atoms with Gasteiger partial charge >= 0.3 is 31.8 Å². The van der Waals surface area contributed by atoms with Crippen molar-refractivity contribution in [2.24, 2.45) is 0 Å². The predicted octanol–water partition coefficient (Wildman–Crippen LogP) is 10.2. The first-order chi connectivity index (χ1) is 25.5. The maximum Gasteiger partial charge on any atom is 2.00 e. The van der Waals surface area contributed by atoms with Crippen LogP contribution in [0.4, 0.5) is 26.3 Å². The van der Waals surface area contributed by atoms with E-state index in [-0.39, 0.29) is 42.3 Å². The minimum absolute atomic E-state index is 0. The minimum atomic E-state index is -4.69. The summed E-state index contributed by atoms with van der Waals surface area (Å²) >= 11 is 1.51. The maximum atomic E-state index is 13.0. The molecule has 7 heterocycles. The molecular formula is C38H30F6N8RuS. The Morgan fingerprint density at radius 3 is 1.56 bits per heavy atom. The average Bonchev–Trinajstić information content (AvgIpc) is 3.96. The van der Waals surface area contributed by atoms with E-state index in [2.05, 4.69) is 47.3 Å². The van der Waals surface area contributed by atoms with Gasteiger partial charge in [0.25, 0.3) is 0 Å². The third-order valence-corrected chi connectivity index (χ3v) is 9.03. The summed E-state index contributed by atoms with van der Waals surface area (Å²) in [5.74, 6) is 0. The summed E-state index contributed by atoms with van der Waals surface area (Å²) in [5.41, 5.74) is 1.45. The van der Waals surface area contributed by atoms with Crippen LogP contribution in [0.1, 0.15) is 48.9 Å². The molecule has 0 saturated heterocycles. The van der Waals surface area contributed by atoms with E-state index in [1.807, 2.05) is 66.7 Å². The van der Waals surface area contributed by atoms with Crippen molar-refractivity contribution < 1.29 is 45.8 Å². The van der Waals surface area contributed by atoms with Gasteiger partial charge in [-0.15, -0.1) is 11.3 Å². The second-order valence-corrected chi connectivity index (χ2v) is 12.9. The van der Waals surface area contributed by atoms with E-state index in [9.17, 15) is 26.3 Å². The zero-order valence-corrected chi connectivity index (χ0v) is 31.0. The van der Waals surface area contributed by atoms with Crippen LogP contribution in [0.25, 0.3) is 56.0 Å². The third-order valence-electron chi connectivity index (χ3n) is 7.84. The summed E-state index contributed by atoms with van der Waals surface area (Å²) in [6.45, 7) is 2.13. The predicted molar refractivity (Wildman–Crippen MR) is 189 cm³/mol.